The Morgan fingerprint density at radius 1 is 1.07 bits per heavy atom. The molecule has 1 aliphatic carbocycles. The van der Waals surface area contributed by atoms with Gasteiger partial charge in [-0.3, -0.25) is 10.4 Å². The van der Waals surface area contributed by atoms with Crippen LogP contribution in [-0.2, 0) is 4.89 Å². The molecule has 9 heteroatoms. The molecule has 1 saturated carbocycles. The van der Waals surface area contributed by atoms with Gasteiger partial charge in [0.25, 0.3) is 0 Å². The summed E-state index contributed by atoms with van der Waals surface area (Å²) in [4.78, 5) is 3.25. The minimum atomic E-state index is -1.04. The van der Waals surface area contributed by atoms with Crippen molar-refractivity contribution in [2.45, 2.75) is 18.9 Å². The summed E-state index contributed by atoms with van der Waals surface area (Å²) in [6.07, 6.45) is 3.52. The lowest BCUT2D eigenvalue weighted by Crippen LogP contribution is -2.07. The summed E-state index contributed by atoms with van der Waals surface area (Å²) in [5.41, 5.74) is 1.65. The number of nitrogens with one attached hydrogen (secondary N) is 3. The summed E-state index contributed by atoms with van der Waals surface area (Å²) in [5.74, 6) is -2.60. The summed E-state index contributed by atoms with van der Waals surface area (Å²) in [6, 6.07) is 8.94. The molecule has 0 bridgehead atoms. The Balaban J connectivity index is 0.000000706. The zero-order chi connectivity index (χ0) is 20.1. The van der Waals surface area contributed by atoms with Gasteiger partial charge in [-0.2, -0.15) is 5.10 Å². The number of aromatic nitrogens is 2. The molecule has 0 aliphatic heterocycles. The number of hydrogen-bond acceptors (Lipinski definition) is 5. The van der Waals surface area contributed by atoms with Crippen LogP contribution in [0.15, 0.2) is 42.6 Å². The molecule has 148 valence electrons. The van der Waals surface area contributed by atoms with E-state index in [0.29, 0.717) is 16.9 Å². The van der Waals surface area contributed by atoms with Gasteiger partial charge in [-0.05, 0) is 43.2 Å². The lowest BCUT2D eigenvalue weighted by atomic mass is 10.1. The van der Waals surface area contributed by atoms with E-state index < -0.39 is 17.5 Å². The monoisotopic (exact) mass is 392 g/mol. The van der Waals surface area contributed by atoms with Crippen LogP contribution in [0.25, 0.3) is 11.3 Å². The maximum Gasteiger partial charge on any atom is 0.184 e. The fourth-order valence-corrected chi connectivity index (χ4v) is 2.58. The molecule has 0 unspecified atom stereocenters. The maximum atomic E-state index is 14.4. The van der Waals surface area contributed by atoms with E-state index in [9.17, 15) is 13.2 Å². The molecule has 0 atom stereocenters. The molecule has 28 heavy (non-hydrogen) atoms. The second-order valence-electron chi connectivity index (χ2n) is 6.18. The first-order chi connectivity index (χ1) is 13.5. The van der Waals surface area contributed by atoms with Crippen LogP contribution in [0.1, 0.15) is 12.8 Å². The van der Waals surface area contributed by atoms with E-state index in [0.717, 1.165) is 18.9 Å². The molecule has 2 aromatic carbocycles. The number of anilines is 3. The molecule has 0 spiro atoms. The van der Waals surface area contributed by atoms with Gasteiger partial charge in [-0.15, -0.1) is 0 Å². The quantitative estimate of drug-likeness (QED) is 0.366. The van der Waals surface area contributed by atoms with E-state index in [-0.39, 0.29) is 17.4 Å². The van der Waals surface area contributed by atoms with E-state index in [1.807, 2.05) is 0 Å². The topological polar surface area (TPSA) is 82.2 Å². The molecule has 0 radical (unpaired) electrons. The third kappa shape index (κ3) is 4.62. The summed E-state index contributed by atoms with van der Waals surface area (Å²) < 4.78 is 42.3. The van der Waals surface area contributed by atoms with Crippen molar-refractivity contribution in [3.63, 3.8) is 0 Å². The third-order valence-corrected chi connectivity index (χ3v) is 4.07. The zero-order valence-electron chi connectivity index (χ0n) is 15.0. The summed E-state index contributed by atoms with van der Waals surface area (Å²) >= 11 is 0. The minimum absolute atomic E-state index is 0.0617. The van der Waals surface area contributed by atoms with E-state index in [4.69, 9.17) is 5.26 Å². The second kappa shape index (κ2) is 8.77. The standard InChI is InChI=1S/C18H15F3N4.CH4O2/c19-12-4-6-16(23-11-2-3-11)18(17(12)21)24-15-5-1-10(9-13(15)20)14-7-8-22-25-14;1-3-2/h1,4-9,11,23-24H,2-3H2,(H,22,25);2H,1H3. The van der Waals surface area contributed by atoms with Gasteiger partial charge < -0.3 is 10.6 Å². The molecule has 4 rings (SSSR count). The Hall–Kier alpha value is -3.04. The fourth-order valence-electron chi connectivity index (χ4n) is 2.58. The number of halogens is 3. The molecule has 6 nitrogen and oxygen atoms in total. The molecular weight excluding hydrogens is 373 g/mol. The van der Waals surface area contributed by atoms with Gasteiger partial charge in [0.1, 0.15) is 11.5 Å². The van der Waals surface area contributed by atoms with Crippen LogP contribution in [0.2, 0.25) is 0 Å². The van der Waals surface area contributed by atoms with Gasteiger partial charge >= 0.3 is 0 Å². The van der Waals surface area contributed by atoms with Gasteiger partial charge in [0.2, 0.25) is 0 Å². The lowest BCUT2D eigenvalue weighted by Gasteiger charge is -2.15. The third-order valence-electron chi connectivity index (χ3n) is 4.07. The highest BCUT2D eigenvalue weighted by atomic mass is 19.2. The lowest BCUT2D eigenvalue weighted by molar-refractivity contribution is -0.214. The predicted molar refractivity (Wildman–Crippen MR) is 99.9 cm³/mol. The van der Waals surface area contributed by atoms with Crippen molar-refractivity contribution in [3.05, 3.63) is 60.0 Å². The highest BCUT2D eigenvalue weighted by molar-refractivity contribution is 5.76. The average Bonchev–Trinajstić information content (AvgIpc) is 3.32. The van der Waals surface area contributed by atoms with Crippen LogP contribution < -0.4 is 10.6 Å². The largest absolute Gasteiger partial charge is 0.381 e. The van der Waals surface area contributed by atoms with Crippen LogP contribution in [0.3, 0.4) is 0 Å². The Kier molecular flexibility index (Phi) is 6.17. The average molecular weight is 392 g/mol. The maximum absolute atomic E-state index is 14.4. The molecule has 0 amide bonds. The summed E-state index contributed by atoms with van der Waals surface area (Å²) in [7, 11) is 1.18. The van der Waals surface area contributed by atoms with Gasteiger partial charge in [0.15, 0.2) is 11.6 Å². The molecule has 3 aromatic rings. The second-order valence-corrected chi connectivity index (χ2v) is 6.18. The highest BCUT2D eigenvalue weighted by Gasteiger charge is 2.24. The van der Waals surface area contributed by atoms with Crippen LogP contribution in [0, 0.1) is 17.5 Å². The molecule has 1 aliphatic rings. The number of nitrogens with zero attached hydrogens (tertiary/aromatic N) is 1. The van der Waals surface area contributed by atoms with Crippen LogP contribution in [0.4, 0.5) is 30.2 Å². The summed E-state index contributed by atoms with van der Waals surface area (Å²) in [5, 5.41) is 19.4. The smallest absolute Gasteiger partial charge is 0.184 e. The molecular formula is C19H19F3N4O2. The molecule has 0 saturated heterocycles. The van der Waals surface area contributed by atoms with Gasteiger partial charge in [0.05, 0.1) is 24.2 Å². The summed E-state index contributed by atoms with van der Waals surface area (Å²) in [6.45, 7) is 0. The Bertz CT molecular complexity index is 931. The van der Waals surface area contributed by atoms with E-state index in [2.05, 4.69) is 25.7 Å². The van der Waals surface area contributed by atoms with Crippen molar-refractivity contribution >= 4 is 17.1 Å². The Morgan fingerprint density at radius 2 is 1.79 bits per heavy atom. The predicted octanol–water partition coefficient (Wildman–Crippen LogP) is 4.92. The highest BCUT2D eigenvalue weighted by Crippen LogP contribution is 2.35. The van der Waals surface area contributed by atoms with Gasteiger partial charge in [0, 0.05) is 17.8 Å². The number of aromatic amines is 1. The molecule has 4 N–H and O–H groups in total. The van der Waals surface area contributed by atoms with Crippen molar-refractivity contribution in [3.8, 4) is 11.3 Å². The van der Waals surface area contributed by atoms with E-state index in [1.54, 1.807) is 18.3 Å². The molecule has 1 heterocycles. The van der Waals surface area contributed by atoms with Crippen molar-refractivity contribution in [1.82, 2.24) is 10.2 Å². The molecule has 1 aromatic heterocycles. The number of hydrogen-bond donors (Lipinski definition) is 4. The molecule has 1 fully saturated rings. The first kappa shape index (κ1) is 19.7. The van der Waals surface area contributed by atoms with Crippen LogP contribution in [-0.4, -0.2) is 28.6 Å². The van der Waals surface area contributed by atoms with E-state index in [1.165, 1.54) is 25.3 Å². The first-order valence-corrected chi connectivity index (χ1v) is 8.52. The SMILES string of the molecule is COO.Fc1cc(-c2ccn[nH]2)ccc1Nc1c(NC2CC2)ccc(F)c1F. The Labute approximate surface area is 159 Å². The van der Waals surface area contributed by atoms with E-state index >= 15 is 0 Å². The Morgan fingerprint density at radius 3 is 2.39 bits per heavy atom. The van der Waals surface area contributed by atoms with Gasteiger partial charge in [-0.25, -0.2) is 18.1 Å². The van der Waals surface area contributed by atoms with Crippen LogP contribution in [0.5, 0.6) is 0 Å². The first-order valence-electron chi connectivity index (χ1n) is 8.52. The fraction of sp³-hybridized carbons (Fsp3) is 0.211. The normalized spacial score (nSPS) is 12.9. The number of H-pyrrole nitrogens is 1. The van der Waals surface area contributed by atoms with Gasteiger partial charge in [-0.1, -0.05) is 6.07 Å². The van der Waals surface area contributed by atoms with Crippen molar-refractivity contribution < 1.29 is 23.3 Å². The zero-order valence-corrected chi connectivity index (χ0v) is 15.0. The van der Waals surface area contributed by atoms with Crippen molar-refractivity contribution in [2.75, 3.05) is 17.7 Å². The minimum Gasteiger partial charge on any atom is -0.381 e. The van der Waals surface area contributed by atoms with Crippen molar-refractivity contribution in [2.24, 2.45) is 0 Å². The number of rotatable bonds is 5. The van der Waals surface area contributed by atoms with Crippen molar-refractivity contribution in [1.29, 1.82) is 0 Å². The van der Waals surface area contributed by atoms with Crippen LogP contribution >= 0.6 is 0 Å². The number of benzene rings is 2.